The van der Waals surface area contributed by atoms with E-state index in [1.165, 1.54) is 13.8 Å². The Morgan fingerprint density at radius 1 is 0.345 bits per heavy atom. The smallest absolute Gasteiger partial charge is 0.326 e. The summed E-state index contributed by atoms with van der Waals surface area (Å²) in [6.45, 7) is 14.8. The van der Waals surface area contributed by atoms with Crippen LogP contribution in [0.3, 0.4) is 0 Å². The molecule has 0 aliphatic heterocycles. The number of aliphatic carboxylic acids is 1. The molecule has 644 valence electrons. The first-order chi connectivity index (χ1) is 55.4. The highest BCUT2D eigenvalue weighted by Gasteiger charge is 2.38. The topological polar surface area (TPSA) is 558 Å². The van der Waals surface area contributed by atoms with E-state index in [2.05, 4.69) is 68.8 Å². The maximum Gasteiger partial charge on any atom is 0.326 e. The van der Waals surface area contributed by atoms with Gasteiger partial charge in [-0.1, -0.05) is 127 Å². The van der Waals surface area contributed by atoms with Crippen molar-refractivity contribution in [2.75, 3.05) is 32.7 Å². The van der Waals surface area contributed by atoms with Crippen LogP contribution in [0.15, 0.2) is 91.1 Å². The summed E-state index contributed by atoms with van der Waals surface area (Å²) in [5, 5.41) is 43.5. The quantitative estimate of drug-likeness (QED) is 0.0277. The molecule has 0 unspecified atom stereocenters. The maximum absolute atomic E-state index is 15.0. The molecule has 0 spiro atoms. The van der Waals surface area contributed by atoms with Crippen LogP contribution >= 0.6 is 0 Å². The van der Waals surface area contributed by atoms with E-state index in [9.17, 15) is 62.6 Å². The summed E-state index contributed by atoms with van der Waals surface area (Å²) < 4.78 is 0. The highest BCUT2D eigenvalue weighted by molar-refractivity contribution is 6.00. The van der Waals surface area contributed by atoms with Gasteiger partial charge in [-0.15, -0.1) is 0 Å². The number of nitrogens with one attached hydrogen (secondary N) is 13. The summed E-state index contributed by atoms with van der Waals surface area (Å²) in [6, 6.07) is 9.05. The van der Waals surface area contributed by atoms with E-state index < -0.39 is 161 Å². The van der Waals surface area contributed by atoms with E-state index in [4.69, 9.17) is 34.4 Å². The Morgan fingerprint density at radius 3 is 1.08 bits per heavy atom. The van der Waals surface area contributed by atoms with Crippen LogP contribution in [0.2, 0.25) is 0 Å². The number of carbonyl (C=O) groups is 13. The first-order valence-corrected chi connectivity index (χ1v) is 41.1. The van der Waals surface area contributed by atoms with Crippen molar-refractivity contribution >= 4 is 87.8 Å². The molecule has 4 rings (SSSR count). The number of hydrogen-bond donors (Lipinski definition) is 20. The first-order valence-electron chi connectivity index (χ1n) is 41.1. The summed E-state index contributed by atoms with van der Waals surface area (Å²) in [5.74, 6) is -11.1. The zero-order chi connectivity index (χ0) is 85.8. The Labute approximate surface area is 682 Å². The molecule has 0 radical (unpaired) electrons. The minimum absolute atomic E-state index is 0.00489. The van der Waals surface area contributed by atoms with E-state index >= 15 is 4.79 Å². The Bertz CT molecular complexity index is 3740. The molecule has 3 aromatic carbocycles. The third-order valence-electron chi connectivity index (χ3n) is 20.1. The molecule has 4 aromatic rings. The van der Waals surface area contributed by atoms with Crippen molar-refractivity contribution in [1.82, 2.24) is 68.8 Å². The van der Waals surface area contributed by atoms with Gasteiger partial charge in [0.15, 0.2) is 0 Å². The number of hydrogen-bond acceptors (Lipinski definition) is 19. The van der Waals surface area contributed by atoms with Gasteiger partial charge in [0.05, 0.1) is 6.04 Å². The average Bonchev–Trinajstić information content (AvgIpc) is 1.68. The number of H-pyrrole nitrogens is 1. The van der Waals surface area contributed by atoms with Crippen molar-refractivity contribution in [2.24, 2.45) is 52.2 Å². The highest BCUT2D eigenvalue weighted by atomic mass is 16.4. The maximum atomic E-state index is 15.0. The normalized spacial score (nSPS) is 15.0. The molecular formula is C83H133N19O14. The van der Waals surface area contributed by atoms with E-state index in [1.54, 1.807) is 64.2 Å². The van der Waals surface area contributed by atoms with Crippen LogP contribution in [0.4, 0.5) is 0 Å². The molecule has 26 N–H and O–H groups in total. The Hall–Kier alpha value is -9.93. The van der Waals surface area contributed by atoms with Crippen LogP contribution in [0, 0.1) is 17.8 Å². The second-order valence-electron chi connectivity index (χ2n) is 31.0. The minimum atomic E-state index is -1.36. The van der Waals surface area contributed by atoms with E-state index in [-0.39, 0.29) is 109 Å². The third-order valence-corrected chi connectivity index (χ3v) is 20.1. The van der Waals surface area contributed by atoms with Gasteiger partial charge in [0.1, 0.15) is 72.5 Å². The van der Waals surface area contributed by atoms with Crippen LogP contribution in [-0.2, 0) is 81.6 Å². The fourth-order valence-corrected chi connectivity index (χ4v) is 13.2. The number of fused-ring (bicyclic) bond motifs is 1. The van der Waals surface area contributed by atoms with Crippen LogP contribution in [0.25, 0.3) is 10.9 Å². The lowest BCUT2D eigenvalue weighted by molar-refractivity contribution is -0.142. The number of carboxylic acid groups (broad SMARTS) is 1. The predicted molar refractivity (Wildman–Crippen MR) is 445 cm³/mol. The fraction of sp³-hybridized carbons (Fsp3) is 0.602. The van der Waals surface area contributed by atoms with Crippen molar-refractivity contribution in [3.63, 3.8) is 0 Å². The summed E-state index contributed by atoms with van der Waals surface area (Å²) in [5.41, 5.74) is 38.8. The van der Waals surface area contributed by atoms with E-state index in [0.717, 1.165) is 16.5 Å². The van der Waals surface area contributed by atoms with Gasteiger partial charge in [0.25, 0.3) is 0 Å². The Morgan fingerprint density at radius 2 is 0.664 bits per heavy atom. The van der Waals surface area contributed by atoms with Crippen molar-refractivity contribution in [3.05, 3.63) is 108 Å². The van der Waals surface area contributed by atoms with Crippen molar-refractivity contribution in [2.45, 2.75) is 269 Å². The van der Waals surface area contributed by atoms with E-state index in [0.29, 0.717) is 81.8 Å². The summed E-state index contributed by atoms with van der Waals surface area (Å²) in [6.07, 6.45) is 6.71. The standard InChI is InChI=1S/C83H133N19O14/c1-9-52(6)70(82(114)92-54(8)71(103)93-62(35-19-24-40-85)75(107)94-61(34-18-23-39-84)74(106)91-53(7)72(104)101-69(83(115)116)45-51(4)5)102-78(110)65(38-22-27-43-88)95-76(108)63(36-20-25-41-86)96-79(111)66(44-50(2)3)99-80(112)67(47-56-30-14-11-15-31-56)100-77(109)64(37-21-26-42-87)97-81(113)68(48-57-49-90-60-33-17-16-32-58(57)60)98-73(105)59(89)46-55-28-12-10-13-29-55/h10-17,28-33,49-54,59,61-70,90H,9,18-27,34-48,84-89H2,1-8H3,(H,91,106)(H,92,114)(H,93,103)(H,94,107)(H,95,108)(H,96,111)(H,97,113)(H,98,105)(H,99,112)(H,100,109)(H,101,104)(H,102,110)(H,115,116)/t52-,53-,54-,59-,61-,62-,63-,64-,65-,66-,67-,68-,69-,70-/m0/s1. The lowest BCUT2D eigenvalue weighted by Gasteiger charge is -2.30. The summed E-state index contributed by atoms with van der Waals surface area (Å²) in [4.78, 5) is 188. The average molecular weight is 1620 g/mol. The Balaban J connectivity index is 1.59. The number of aromatic amines is 1. The molecule has 116 heavy (non-hydrogen) atoms. The summed E-state index contributed by atoms with van der Waals surface area (Å²) in [7, 11) is 0. The van der Waals surface area contributed by atoms with E-state index in [1.807, 2.05) is 68.4 Å². The van der Waals surface area contributed by atoms with Crippen molar-refractivity contribution < 1.29 is 67.4 Å². The first kappa shape index (κ1) is 98.4. The molecule has 1 aromatic heterocycles. The van der Waals surface area contributed by atoms with Gasteiger partial charge in [-0.3, -0.25) is 57.5 Å². The SMILES string of the molecule is CC[C@H](C)[C@H](NC(=O)[C@H](CCCCN)NC(=O)[C@H](CCCCN)NC(=O)[C@H](CC(C)C)NC(=O)[C@H](Cc1ccccc1)NC(=O)[C@H](CCCCN)NC(=O)[C@H](Cc1c[nH]c2ccccc12)NC(=O)[C@@H](N)Cc1ccccc1)C(=O)N[C@@H](C)C(=O)N[C@@H](CCCCN)C(=O)N[C@@H](CCCCN)C(=O)N[C@@H](C)C(=O)N[C@@H](CC(C)C)C(=O)O. The minimum Gasteiger partial charge on any atom is -0.480 e. The molecule has 33 nitrogen and oxygen atoms in total. The summed E-state index contributed by atoms with van der Waals surface area (Å²) >= 11 is 0. The van der Waals surface area contributed by atoms with Gasteiger partial charge in [-0.2, -0.15) is 0 Å². The van der Waals surface area contributed by atoms with Gasteiger partial charge in [-0.25, -0.2) is 4.79 Å². The number of unbranched alkanes of at least 4 members (excludes halogenated alkanes) is 5. The largest absolute Gasteiger partial charge is 0.480 e. The van der Waals surface area contributed by atoms with Gasteiger partial charge in [-0.05, 0) is 203 Å². The van der Waals surface area contributed by atoms with Gasteiger partial charge >= 0.3 is 5.97 Å². The molecule has 0 bridgehead atoms. The molecule has 0 fully saturated rings. The van der Waals surface area contributed by atoms with Crippen molar-refractivity contribution in [3.8, 4) is 0 Å². The van der Waals surface area contributed by atoms with Crippen LogP contribution in [-0.4, -0.2) is 198 Å². The van der Waals surface area contributed by atoms with Gasteiger partial charge in [0.2, 0.25) is 70.9 Å². The fourth-order valence-electron chi connectivity index (χ4n) is 13.2. The predicted octanol–water partition coefficient (Wildman–Crippen LogP) is 1.25. The second-order valence-corrected chi connectivity index (χ2v) is 31.0. The molecule has 33 heteroatoms. The Kier molecular flexibility index (Phi) is 45.3. The zero-order valence-corrected chi connectivity index (χ0v) is 69.0. The molecule has 0 aliphatic carbocycles. The zero-order valence-electron chi connectivity index (χ0n) is 69.0. The molecule has 0 saturated carbocycles. The number of carbonyl (C=O) groups excluding carboxylic acids is 12. The molecule has 14 atom stereocenters. The highest BCUT2D eigenvalue weighted by Crippen LogP contribution is 2.21. The molecule has 1 heterocycles. The van der Waals surface area contributed by atoms with Gasteiger partial charge in [0, 0.05) is 29.9 Å². The van der Waals surface area contributed by atoms with Crippen LogP contribution in [0.1, 0.15) is 188 Å². The number of aromatic nitrogens is 1. The lowest BCUT2D eigenvalue weighted by atomic mass is 9.97. The number of nitrogens with two attached hydrogens (primary N) is 6. The van der Waals surface area contributed by atoms with Crippen molar-refractivity contribution in [1.29, 1.82) is 0 Å². The number of benzene rings is 3. The van der Waals surface area contributed by atoms with Crippen LogP contribution < -0.4 is 98.2 Å². The van der Waals surface area contributed by atoms with Crippen LogP contribution in [0.5, 0.6) is 0 Å². The number of amides is 12. The number of carboxylic acids is 1. The lowest BCUT2D eigenvalue weighted by Crippen LogP contribution is -2.61. The second kappa shape index (κ2) is 53.3. The van der Waals surface area contributed by atoms with Gasteiger partial charge < -0.3 is 108 Å². The monoisotopic (exact) mass is 1620 g/mol. The molecule has 12 amide bonds. The third kappa shape index (κ3) is 35.3. The number of rotatable bonds is 57. The number of para-hydroxylation sites is 1. The molecule has 0 saturated heterocycles. The molecule has 0 aliphatic rings. The molecular weight excluding hydrogens is 1490 g/mol.